The van der Waals surface area contributed by atoms with Crippen LogP contribution in [0.2, 0.25) is 0 Å². The number of nitro groups is 1. The summed E-state index contributed by atoms with van der Waals surface area (Å²) in [4.78, 5) is 21.0. The number of hydrogen-bond acceptors (Lipinski definition) is 6. The molecule has 0 radical (unpaired) electrons. The van der Waals surface area contributed by atoms with Crippen molar-refractivity contribution in [3.63, 3.8) is 0 Å². The number of aryl methyl sites for hydroxylation is 1. The number of carbonyl (C=O) groups is 1. The largest absolute Gasteiger partial charge is 0.379 e. The van der Waals surface area contributed by atoms with E-state index < -0.39 is 25.6 Å². The minimum atomic E-state index is -4.38. The topological polar surface area (TPSA) is 104 Å². The fourth-order valence-corrected chi connectivity index (χ4v) is 3.33. The summed E-state index contributed by atoms with van der Waals surface area (Å²) < 4.78 is 29.7. The number of benzene rings is 2. The lowest BCUT2D eigenvalue weighted by molar-refractivity contribution is -0.388. The first-order valence-corrected chi connectivity index (χ1v) is 7.92. The first-order valence-electron chi connectivity index (χ1n) is 6.52. The summed E-state index contributed by atoms with van der Waals surface area (Å²) in [5.41, 5.74) is 0.0570. The minimum Gasteiger partial charge on any atom is -0.379 e. The predicted molar refractivity (Wildman–Crippen MR) is 82.1 cm³/mol. The molecule has 2 aromatic carbocycles. The van der Waals surface area contributed by atoms with E-state index in [0.717, 1.165) is 6.07 Å². The van der Waals surface area contributed by atoms with Crippen LogP contribution in [-0.2, 0) is 10.1 Å². The van der Waals surface area contributed by atoms with Gasteiger partial charge in [0, 0.05) is 11.6 Å². The molecule has 0 aliphatic rings. The van der Waals surface area contributed by atoms with E-state index in [0.29, 0.717) is 5.56 Å². The van der Waals surface area contributed by atoms with Crippen molar-refractivity contribution in [3.8, 4) is 5.75 Å². The molecule has 0 heterocycles. The van der Waals surface area contributed by atoms with E-state index in [1.807, 2.05) is 0 Å². The molecule has 0 aromatic heterocycles. The third kappa shape index (κ3) is 3.54. The maximum Gasteiger partial charge on any atom is 0.346 e. The fraction of sp³-hybridized carbons (Fsp3) is 0.133. The monoisotopic (exact) mass is 335 g/mol. The van der Waals surface area contributed by atoms with E-state index in [4.69, 9.17) is 4.18 Å². The summed E-state index contributed by atoms with van der Waals surface area (Å²) in [5.74, 6) is -0.207. The van der Waals surface area contributed by atoms with Gasteiger partial charge in [-0.05, 0) is 43.7 Å². The van der Waals surface area contributed by atoms with Crippen LogP contribution >= 0.6 is 0 Å². The summed E-state index contributed by atoms with van der Waals surface area (Å²) in [5, 5.41) is 11.0. The number of nitrogens with zero attached hydrogens (tertiary/aromatic N) is 1. The minimum absolute atomic E-state index is 0.0347. The Kier molecular flexibility index (Phi) is 4.46. The number of rotatable bonds is 5. The summed E-state index contributed by atoms with van der Waals surface area (Å²) in [7, 11) is -4.38. The van der Waals surface area contributed by atoms with Crippen molar-refractivity contribution >= 4 is 21.6 Å². The highest BCUT2D eigenvalue weighted by atomic mass is 32.2. The van der Waals surface area contributed by atoms with Crippen molar-refractivity contribution in [2.45, 2.75) is 18.7 Å². The van der Waals surface area contributed by atoms with Gasteiger partial charge < -0.3 is 4.18 Å². The molecule has 0 aliphatic heterocycles. The van der Waals surface area contributed by atoms with Gasteiger partial charge in [-0.2, -0.15) is 8.42 Å². The Morgan fingerprint density at radius 3 is 2.26 bits per heavy atom. The Bertz CT molecular complexity index is 871. The molecule has 0 spiro atoms. The molecule has 23 heavy (non-hydrogen) atoms. The van der Waals surface area contributed by atoms with Crippen molar-refractivity contribution in [1.29, 1.82) is 0 Å². The maximum absolute atomic E-state index is 12.4. The van der Waals surface area contributed by atoms with Crippen LogP contribution in [0, 0.1) is 17.0 Å². The summed E-state index contributed by atoms with van der Waals surface area (Å²) in [6, 6.07) is 9.41. The van der Waals surface area contributed by atoms with Gasteiger partial charge in [0.25, 0.3) is 5.69 Å². The fourth-order valence-electron chi connectivity index (χ4n) is 2.02. The zero-order valence-electron chi connectivity index (χ0n) is 12.3. The van der Waals surface area contributed by atoms with Crippen LogP contribution in [0.3, 0.4) is 0 Å². The molecule has 0 fully saturated rings. The average molecular weight is 335 g/mol. The van der Waals surface area contributed by atoms with Gasteiger partial charge in [0.05, 0.1) is 4.92 Å². The number of hydrogen-bond donors (Lipinski definition) is 0. The Morgan fingerprint density at radius 1 is 1.13 bits per heavy atom. The zero-order valence-corrected chi connectivity index (χ0v) is 13.2. The van der Waals surface area contributed by atoms with E-state index in [2.05, 4.69) is 0 Å². The molecule has 0 amide bonds. The average Bonchev–Trinajstić information content (AvgIpc) is 2.46. The number of nitro benzene ring substituents is 1. The normalized spacial score (nSPS) is 11.0. The molecule has 2 rings (SSSR count). The molecule has 0 atom stereocenters. The molecule has 0 unspecified atom stereocenters. The van der Waals surface area contributed by atoms with E-state index in [-0.39, 0.29) is 17.1 Å². The maximum atomic E-state index is 12.4. The Morgan fingerprint density at radius 2 is 1.74 bits per heavy atom. The Hall–Kier alpha value is -2.74. The van der Waals surface area contributed by atoms with Gasteiger partial charge in [0.2, 0.25) is 0 Å². The smallest absolute Gasteiger partial charge is 0.346 e. The first-order chi connectivity index (χ1) is 10.7. The van der Waals surface area contributed by atoms with E-state index in [9.17, 15) is 23.3 Å². The van der Waals surface area contributed by atoms with Gasteiger partial charge in [0.1, 0.15) is 5.75 Å². The highest BCUT2D eigenvalue weighted by Gasteiger charge is 2.29. The molecule has 0 N–H and O–H groups in total. The highest BCUT2D eigenvalue weighted by molar-refractivity contribution is 7.87. The lowest BCUT2D eigenvalue weighted by Crippen LogP contribution is -2.13. The molecular weight excluding hydrogens is 322 g/mol. The van der Waals surface area contributed by atoms with Gasteiger partial charge in [-0.15, -0.1) is 0 Å². The Labute approximate surface area is 132 Å². The lowest BCUT2D eigenvalue weighted by atomic mass is 10.1. The third-order valence-electron chi connectivity index (χ3n) is 3.10. The van der Waals surface area contributed by atoms with Crippen molar-refractivity contribution < 1.29 is 22.3 Å². The van der Waals surface area contributed by atoms with Gasteiger partial charge >= 0.3 is 10.1 Å². The quantitative estimate of drug-likeness (QED) is 0.360. The molecule has 0 aliphatic carbocycles. The number of Topliss-reactive ketones (excluding diaryl/α,β-unsaturated/α-hetero) is 1. The molecule has 7 nitrogen and oxygen atoms in total. The highest BCUT2D eigenvalue weighted by Crippen LogP contribution is 2.29. The van der Waals surface area contributed by atoms with Crippen LogP contribution in [0.4, 0.5) is 5.69 Å². The molecule has 0 saturated carbocycles. The Balaban J connectivity index is 2.44. The standard InChI is InChI=1S/C15H13NO6S/c1-10-4-3-5-14(16(18)19)15(10)23(20,21)22-13-8-6-12(7-9-13)11(2)17/h3-9H,1-2H3. The van der Waals surface area contributed by atoms with E-state index in [1.54, 1.807) is 0 Å². The number of ketones is 1. The molecule has 120 valence electrons. The van der Waals surface area contributed by atoms with Crippen LogP contribution in [-0.4, -0.2) is 19.1 Å². The first kappa shape index (κ1) is 16.6. The second-order valence-electron chi connectivity index (χ2n) is 4.80. The SMILES string of the molecule is CC(=O)c1ccc(OS(=O)(=O)c2c(C)cccc2[N+](=O)[O-])cc1. The molecule has 2 aromatic rings. The summed E-state index contributed by atoms with van der Waals surface area (Å²) >= 11 is 0. The van der Waals surface area contributed by atoms with Crippen LogP contribution in [0.5, 0.6) is 5.75 Å². The predicted octanol–water partition coefficient (Wildman–Crippen LogP) is 2.87. The summed E-state index contributed by atoms with van der Waals surface area (Å²) in [6.07, 6.45) is 0. The number of carbonyl (C=O) groups excluding carboxylic acids is 1. The van der Waals surface area contributed by atoms with E-state index >= 15 is 0 Å². The van der Waals surface area contributed by atoms with Gasteiger partial charge in [-0.1, -0.05) is 12.1 Å². The molecular formula is C15H13NO6S. The van der Waals surface area contributed by atoms with Crippen LogP contribution < -0.4 is 4.18 Å². The van der Waals surface area contributed by atoms with Crippen molar-refractivity contribution in [3.05, 3.63) is 63.7 Å². The molecule has 8 heteroatoms. The molecule has 0 saturated heterocycles. The van der Waals surface area contributed by atoms with Crippen LogP contribution in [0.15, 0.2) is 47.4 Å². The van der Waals surface area contributed by atoms with Gasteiger partial charge in [-0.3, -0.25) is 14.9 Å². The van der Waals surface area contributed by atoms with Crippen LogP contribution in [0.25, 0.3) is 0 Å². The second kappa shape index (κ2) is 6.17. The van der Waals surface area contributed by atoms with Crippen LogP contribution in [0.1, 0.15) is 22.8 Å². The second-order valence-corrected chi connectivity index (χ2v) is 6.28. The third-order valence-corrected chi connectivity index (χ3v) is 4.55. The van der Waals surface area contributed by atoms with E-state index in [1.165, 1.54) is 50.2 Å². The molecule has 0 bridgehead atoms. The van der Waals surface area contributed by atoms with Crippen molar-refractivity contribution in [2.75, 3.05) is 0 Å². The van der Waals surface area contributed by atoms with Crippen molar-refractivity contribution in [2.24, 2.45) is 0 Å². The summed E-state index contributed by atoms with van der Waals surface area (Å²) in [6.45, 7) is 2.82. The van der Waals surface area contributed by atoms with Gasteiger partial charge in [0.15, 0.2) is 10.7 Å². The lowest BCUT2D eigenvalue weighted by Gasteiger charge is -2.10. The van der Waals surface area contributed by atoms with Gasteiger partial charge in [-0.25, -0.2) is 0 Å². The zero-order chi connectivity index (χ0) is 17.2. The van der Waals surface area contributed by atoms with Crippen molar-refractivity contribution in [1.82, 2.24) is 0 Å².